The SMILES string of the molecule is COc1ccccc1Nc1nc(-c2ccc(NC(=O)C(C)(C)C)cc2)cs1. The van der Waals surface area contributed by atoms with Crippen molar-refractivity contribution in [2.45, 2.75) is 20.8 Å². The summed E-state index contributed by atoms with van der Waals surface area (Å²) < 4.78 is 5.36. The minimum Gasteiger partial charge on any atom is -0.495 e. The molecule has 0 fully saturated rings. The molecule has 0 spiro atoms. The quantitative estimate of drug-likeness (QED) is 0.608. The molecule has 1 aromatic heterocycles. The second-order valence-electron chi connectivity index (χ2n) is 7.14. The van der Waals surface area contributed by atoms with Gasteiger partial charge in [0.15, 0.2) is 5.13 Å². The Bertz CT molecular complexity index is 927. The van der Waals surface area contributed by atoms with Crippen molar-refractivity contribution in [3.05, 3.63) is 53.9 Å². The van der Waals surface area contributed by atoms with Crippen LogP contribution in [0.1, 0.15) is 20.8 Å². The highest BCUT2D eigenvalue weighted by Crippen LogP contribution is 2.31. The van der Waals surface area contributed by atoms with E-state index in [1.807, 2.05) is 74.7 Å². The number of ether oxygens (including phenoxy) is 1. The van der Waals surface area contributed by atoms with Crippen LogP contribution in [-0.2, 0) is 4.79 Å². The summed E-state index contributed by atoms with van der Waals surface area (Å²) in [6, 6.07) is 15.4. The van der Waals surface area contributed by atoms with E-state index in [1.54, 1.807) is 7.11 Å². The zero-order chi connectivity index (χ0) is 19.4. The van der Waals surface area contributed by atoms with Gasteiger partial charge in [-0.15, -0.1) is 11.3 Å². The molecule has 0 saturated carbocycles. The lowest BCUT2D eigenvalue weighted by atomic mass is 9.95. The van der Waals surface area contributed by atoms with Crippen LogP contribution in [0, 0.1) is 5.41 Å². The predicted molar refractivity (Wildman–Crippen MR) is 112 cm³/mol. The molecule has 0 bridgehead atoms. The Morgan fingerprint density at radius 1 is 1.07 bits per heavy atom. The number of benzene rings is 2. The molecule has 0 aliphatic rings. The Labute approximate surface area is 163 Å². The number of anilines is 3. The van der Waals surface area contributed by atoms with Gasteiger partial charge in [-0.05, 0) is 24.3 Å². The molecule has 27 heavy (non-hydrogen) atoms. The fraction of sp³-hybridized carbons (Fsp3) is 0.238. The first-order chi connectivity index (χ1) is 12.9. The number of aromatic nitrogens is 1. The Hall–Kier alpha value is -2.86. The lowest BCUT2D eigenvalue weighted by molar-refractivity contribution is -0.123. The van der Waals surface area contributed by atoms with E-state index in [0.29, 0.717) is 0 Å². The van der Waals surface area contributed by atoms with Gasteiger partial charge in [-0.2, -0.15) is 0 Å². The number of hydrogen-bond donors (Lipinski definition) is 2. The van der Waals surface area contributed by atoms with Crippen molar-refractivity contribution in [3.8, 4) is 17.0 Å². The molecule has 140 valence electrons. The van der Waals surface area contributed by atoms with Gasteiger partial charge >= 0.3 is 0 Å². The van der Waals surface area contributed by atoms with E-state index in [-0.39, 0.29) is 5.91 Å². The molecule has 0 atom stereocenters. The molecule has 3 aromatic rings. The number of carbonyl (C=O) groups excluding carboxylic acids is 1. The third-order valence-electron chi connectivity index (χ3n) is 3.97. The lowest BCUT2D eigenvalue weighted by Crippen LogP contribution is -2.27. The van der Waals surface area contributed by atoms with E-state index < -0.39 is 5.41 Å². The van der Waals surface area contributed by atoms with E-state index in [0.717, 1.165) is 33.5 Å². The number of amides is 1. The number of para-hydroxylation sites is 2. The van der Waals surface area contributed by atoms with Crippen molar-refractivity contribution in [1.82, 2.24) is 4.98 Å². The molecule has 6 heteroatoms. The van der Waals surface area contributed by atoms with Gasteiger partial charge < -0.3 is 15.4 Å². The van der Waals surface area contributed by atoms with Crippen LogP contribution in [0.3, 0.4) is 0 Å². The third kappa shape index (κ3) is 4.65. The van der Waals surface area contributed by atoms with Crippen LogP contribution in [0.15, 0.2) is 53.9 Å². The number of nitrogens with one attached hydrogen (secondary N) is 2. The van der Waals surface area contributed by atoms with Crippen LogP contribution in [0.4, 0.5) is 16.5 Å². The van der Waals surface area contributed by atoms with Gasteiger partial charge in [0, 0.05) is 22.0 Å². The van der Waals surface area contributed by atoms with Gasteiger partial charge in [0.05, 0.1) is 18.5 Å². The Kier molecular flexibility index (Phi) is 5.46. The number of methoxy groups -OCH3 is 1. The average molecular weight is 382 g/mol. The Balaban J connectivity index is 1.72. The summed E-state index contributed by atoms with van der Waals surface area (Å²) in [7, 11) is 1.65. The monoisotopic (exact) mass is 381 g/mol. The molecule has 0 radical (unpaired) electrons. The van der Waals surface area contributed by atoms with Crippen LogP contribution in [0.5, 0.6) is 5.75 Å². The molecule has 0 saturated heterocycles. The van der Waals surface area contributed by atoms with Gasteiger partial charge in [0.25, 0.3) is 0 Å². The maximum atomic E-state index is 12.1. The molecule has 5 nitrogen and oxygen atoms in total. The summed E-state index contributed by atoms with van der Waals surface area (Å²) in [6.07, 6.45) is 0. The minimum atomic E-state index is -0.424. The van der Waals surface area contributed by atoms with Gasteiger partial charge in [-0.1, -0.05) is 45.0 Å². The highest BCUT2D eigenvalue weighted by Gasteiger charge is 2.21. The number of nitrogens with zero attached hydrogens (tertiary/aromatic N) is 1. The van der Waals surface area contributed by atoms with Crippen molar-refractivity contribution < 1.29 is 9.53 Å². The number of rotatable bonds is 5. The number of thiazole rings is 1. The van der Waals surface area contributed by atoms with Crippen molar-refractivity contribution in [3.63, 3.8) is 0 Å². The molecule has 0 aliphatic carbocycles. The minimum absolute atomic E-state index is 0.00722. The summed E-state index contributed by atoms with van der Waals surface area (Å²) >= 11 is 1.53. The summed E-state index contributed by atoms with van der Waals surface area (Å²) in [4.78, 5) is 16.7. The summed E-state index contributed by atoms with van der Waals surface area (Å²) in [5, 5.41) is 9.01. The van der Waals surface area contributed by atoms with Crippen molar-refractivity contribution in [1.29, 1.82) is 0 Å². The standard InChI is InChI=1S/C21H23N3O2S/c1-21(2,3)19(25)22-15-11-9-14(10-12-15)17-13-27-20(24-17)23-16-7-5-6-8-18(16)26-4/h5-13H,1-4H3,(H,22,25)(H,23,24). The van der Waals surface area contributed by atoms with E-state index in [2.05, 4.69) is 15.6 Å². The highest BCUT2D eigenvalue weighted by atomic mass is 32.1. The fourth-order valence-corrected chi connectivity index (χ4v) is 3.10. The molecule has 1 amide bonds. The molecule has 2 N–H and O–H groups in total. The summed E-state index contributed by atoms with van der Waals surface area (Å²) in [5.74, 6) is 0.764. The largest absolute Gasteiger partial charge is 0.495 e. The second-order valence-corrected chi connectivity index (χ2v) is 8.00. The van der Waals surface area contributed by atoms with E-state index in [1.165, 1.54) is 11.3 Å². The van der Waals surface area contributed by atoms with E-state index in [9.17, 15) is 4.79 Å². The molecule has 3 rings (SSSR count). The normalized spacial score (nSPS) is 11.1. The first kappa shape index (κ1) is 18.9. The van der Waals surface area contributed by atoms with Crippen LogP contribution >= 0.6 is 11.3 Å². The molecular formula is C21H23N3O2S. The number of hydrogen-bond acceptors (Lipinski definition) is 5. The lowest BCUT2D eigenvalue weighted by Gasteiger charge is -2.17. The van der Waals surface area contributed by atoms with Crippen molar-refractivity contribution in [2.75, 3.05) is 17.7 Å². The maximum Gasteiger partial charge on any atom is 0.229 e. The van der Waals surface area contributed by atoms with Crippen LogP contribution in [0.2, 0.25) is 0 Å². The number of carbonyl (C=O) groups is 1. The second kappa shape index (κ2) is 7.80. The third-order valence-corrected chi connectivity index (χ3v) is 4.73. The zero-order valence-electron chi connectivity index (χ0n) is 15.9. The Morgan fingerprint density at radius 2 is 1.78 bits per heavy atom. The van der Waals surface area contributed by atoms with E-state index in [4.69, 9.17) is 4.74 Å². The van der Waals surface area contributed by atoms with E-state index >= 15 is 0 Å². The van der Waals surface area contributed by atoms with Gasteiger partial charge in [0.1, 0.15) is 5.75 Å². The van der Waals surface area contributed by atoms with Crippen LogP contribution < -0.4 is 15.4 Å². The fourth-order valence-electron chi connectivity index (χ4n) is 2.37. The summed E-state index contributed by atoms with van der Waals surface area (Å²) in [5.41, 5.74) is 3.11. The van der Waals surface area contributed by atoms with Gasteiger partial charge in [-0.3, -0.25) is 4.79 Å². The van der Waals surface area contributed by atoms with Gasteiger partial charge in [0.2, 0.25) is 5.91 Å². The molecular weight excluding hydrogens is 358 g/mol. The topological polar surface area (TPSA) is 63.2 Å². The first-order valence-electron chi connectivity index (χ1n) is 8.64. The highest BCUT2D eigenvalue weighted by molar-refractivity contribution is 7.14. The molecule has 1 heterocycles. The zero-order valence-corrected chi connectivity index (χ0v) is 16.7. The molecule has 2 aromatic carbocycles. The van der Waals surface area contributed by atoms with Crippen LogP contribution in [0.25, 0.3) is 11.3 Å². The van der Waals surface area contributed by atoms with Crippen molar-refractivity contribution >= 4 is 33.8 Å². The first-order valence-corrected chi connectivity index (χ1v) is 9.52. The van der Waals surface area contributed by atoms with Crippen LogP contribution in [-0.4, -0.2) is 18.0 Å². The van der Waals surface area contributed by atoms with Gasteiger partial charge in [-0.25, -0.2) is 4.98 Å². The average Bonchev–Trinajstić information content (AvgIpc) is 3.10. The smallest absolute Gasteiger partial charge is 0.229 e. The summed E-state index contributed by atoms with van der Waals surface area (Å²) in [6.45, 7) is 5.67. The Morgan fingerprint density at radius 3 is 2.44 bits per heavy atom. The molecule has 0 aliphatic heterocycles. The van der Waals surface area contributed by atoms with Crippen molar-refractivity contribution in [2.24, 2.45) is 5.41 Å². The molecule has 0 unspecified atom stereocenters. The predicted octanol–water partition coefficient (Wildman–Crippen LogP) is 5.55. The maximum absolute atomic E-state index is 12.1.